The van der Waals surface area contributed by atoms with Gasteiger partial charge in [-0.3, -0.25) is 10.1 Å². The van der Waals surface area contributed by atoms with E-state index in [0.717, 1.165) is 5.69 Å². The van der Waals surface area contributed by atoms with E-state index >= 15 is 0 Å². The summed E-state index contributed by atoms with van der Waals surface area (Å²) in [6, 6.07) is 12.0. The summed E-state index contributed by atoms with van der Waals surface area (Å²) >= 11 is 5.91. The summed E-state index contributed by atoms with van der Waals surface area (Å²) in [6.45, 7) is 2.63. The lowest BCUT2D eigenvalue weighted by atomic mass is 10.2. The van der Waals surface area contributed by atoms with Crippen LogP contribution >= 0.6 is 11.6 Å². The summed E-state index contributed by atoms with van der Waals surface area (Å²) in [7, 11) is 0. The number of benzene rings is 2. The number of nitro groups is 1. The van der Waals surface area contributed by atoms with Crippen molar-refractivity contribution in [2.45, 2.75) is 6.92 Å². The van der Waals surface area contributed by atoms with Gasteiger partial charge in [0.2, 0.25) is 0 Å². The van der Waals surface area contributed by atoms with Crippen LogP contribution in [0.25, 0.3) is 0 Å². The minimum Gasteiger partial charge on any atom is -0.385 e. The largest absolute Gasteiger partial charge is 0.385 e. The molecule has 20 heavy (non-hydrogen) atoms. The van der Waals surface area contributed by atoms with Crippen LogP contribution in [0.15, 0.2) is 42.5 Å². The Hall–Kier alpha value is -2.27. The van der Waals surface area contributed by atoms with Crippen molar-refractivity contribution in [1.82, 2.24) is 0 Å². The highest BCUT2D eigenvalue weighted by Crippen LogP contribution is 2.27. The molecule has 0 saturated carbocycles. The number of hydrogen-bond acceptors (Lipinski definition) is 4. The van der Waals surface area contributed by atoms with Gasteiger partial charge in [-0.25, -0.2) is 0 Å². The van der Waals surface area contributed by atoms with Crippen LogP contribution in [0.3, 0.4) is 0 Å². The second-order valence-corrected chi connectivity index (χ2v) is 4.63. The van der Waals surface area contributed by atoms with Crippen LogP contribution in [0.2, 0.25) is 5.02 Å². The van der Waals surface area contributed by atoms with Crippen LogP contribution in [0, 0.1) is 10.1 Å². The first-order valence-corrected chi connectivity index (χ1v) is 6.52. The highest BCUT2D eigenvalue weighted by molar-refractivity contribution is 6.30. The summed E-state index contributed by atoms with van der Waals surface area (Å²) < 4.78 is 0. The minimum atomic E-state index is -0.413. The van der Waals surface area contributed by atoms with Gasteiger partial charge in [0.1, 0.15) is 0 Å². The van der Waals surface area contributed by atoms with Gasteiger partial charge in [0.05, 0.1) is 4.92 Å². The zero-order valence-electron chi connectivity index (χ0n) is 10.9. The molecule has 2 aromatic rings. The van der Waals surface area contributed by atoms with Crippen LogP contribution in [0.4, 0.5) is 22.7 Å². The molecule has 0 aliphatic carbocycles. The molecule has 2 aromatic carbocycles. The van der Waals surface area contributed by atoms with Crippen molar-refractivity contribution >= 4 is 34.4 Å². The van der Waals surface area contributed by atoms with E-state index in [9.17, 15) is 10.1 Å². The molecule has 0 fully saturated rings. The average molecular weight is 292 g/mol. The van der Waals surface area contributed by atoms with Crippen molar-refractivity contribution in [3.05, 3.63) is 57.6 Å². The fraction of sp³-hybridized carbons (Fsp3) is 0.143. The molecule has 0 aromatic heterocycles. The summed E-state index contributed by atoms with van der Waals surface area (Å²) in [5.41, 5.74) is 2.15. The van der Waals surface area contributed by atoms with E-state index in [4.69, 9.17) is 11.6 Å². The highest BCUT2D eigenvalue weighted by atomic mass is 35.5. The van der Waals surface area contributed by atoms with Gasteiger partial charge < -0.3 is 10.6 Å². The molecule has 0 spiro atoms. The third-order valence-corrected chi connectivity index (χ3v) is 2.86. The molecule has 2 rings (SSSR count). The first kappa shape index (κ1) is 14.1. The fourth-order valence-electron chi connectivity index (χ4n) is 1.83. The molecule has 5 nitrogen and oxygen atoms in total. The van der Waals surface area contributed by atoms with E-state index in [0.29, 0.717) is 22.9 Å². The Labute approximate surface area is 121 Å². The molecular weight excluding hydrogens is 278 g/mol. The van der Waals surface area contributed by atoms with Crippen molar-refractivity contribution < 1.29 is 4.92 Å². The van der Waals surface area contributed by atoms with Crippen molar-refractivity contribution in [1.29, 1.82) is 0 Å². The molecule has 0 atom stereocenters. The Kier molecular flexibility index (Phi) is 4.42. The lowest BCUT2D eigenvalue weighted by Crippen LogP contribution is -2.00. The van der Waals surface area contributed by atoms with Gasteiger partial charge in [-0.2, -0.15) is 0 Å². The first-order valence-electron chi connectivity index (χ1n) is 6.14. The molecular formula is C14H14ClN3O2. The quantitative estimate of drug-likeness (QED) is 0.632. The number of non-ortho nitro benzene ring substituents is 1. The number of anilines is 3. The molecule has 0 saturated heterocycles. The van der Waals surface area contributed by atoms with Gasteiger partial charge in [0, 0.05) is 40.8 Å². The van der Waals surface area contributed by atoms with Crippen LogP contribution in [-0.4, -0.2) is 11.5 Å². The lowest BCUT2D eigenvalue weighted by molar-refractivity contribution is -0.384. The van der Waals surface area contributed by atoms with Gasteiger partial charge in [0.25, 0.3) is 5.69 Å². The van der Waals surface area contributed by atoms with E-state index in [1.54, 1.807) is 12.1 Å². The molecule has 0 aliphatic rings. The minimum absolute atomic E-state index is 0.0352. The molecule has 6 heteroatoms. The molecule has 0 bridgehead atoms. The second kappa shape index (κ2) is 6.25. The summed E-state index contributed by atoms with van der Waals surface area (Å²) in [6.07, 6.45) is 0. The van der Waals surface area contributed by atoms with Crippen LogP contribution in [0.5, 0.6) is 0 Å². The smallest absolute Gasteiger partial charge is 0.273 e. The molecule has 0 amide bonds. The highest BCUT2D eigenvalue weighted by Gasteiger charge is 2.09. The van der Waals surface area contributed by atoms with Crippen molar-refractivity contribution in [3.63, 3.8) is 0 Å². The van der Waals surface area contributed by atoms with Crippen LogP contribution in [0.1, 0.15) is 6.92 Å². The van der Waals surface area contributed by atoms with Crippen molar-refractivity contribution in [3.8, 4) is 0 Å². The number of nitro benzene ring substituents is 1. The van der Waals surface area contributed by atoms with E-state index < -0.39 is 4.92 Å². The molecule has 0 radical (unpaired) electrons. The van der Waals surface area contributed by atoms with Gasteiger partial charge in [-0.1, -0.05) is 17.7 Å². The number of rotatable bonds is 5. The lowest BCUT2D eigenvalue weighted by Gasteiger charge is -2.10. The maximum absolute atomic E-state index is 10.9. The molecule has 0 heterocycles. The maximum Gasteiger partial charge on any atom is 0.273 e. The Bertz CT molecular complexity index is 632. The third-order valence-electron chi connectivity index (χ3n) is 2.62. The zero-order valence-corrected chi connectivity index (χ0v) is 11.6. The van der Waals surface area contributed by atoms with Gasteiger partial charge in [-0.05, 0) is 31.2 Å². The van der Waals surface area contributed by atoms with E-state index in [-0.39, 0.29) is 5.69 Å². The van der Waals surface area contributed by atoms with Gasteiger partial charge in [0.15, 0.2) is 0 Å². The molecule has 2 N–H and O–H groups in total. The zero-order chi connectivity index (χ0) is 14.5. The number of hydrogen-bond donors (Lipinski definition) is 2. The van der Waals surface area contributed by atoms with Crippen LogP contribution in [-0.2, 0) is 0 Å². The van der Waals surface area contributed by atoms with E-state index in [1.165, 1.54) is 12.1 Å². The Morgan fingerprint density at radius 2 is 1.90 bits per heavy atom. The van der Waals surface area contributed by atoms with E-state index in [1.807, 2.05) is 25.1 Å². The fourth-order valence-corrected chi connectivity index (χ4v) is 2.02. The summed E-state index contributed by atoms with van der Waals surface area (Å²) in [5, 5.41) is 17.7. The monoisotopic (exact) mass is 291 g/mol. The van der Waals surface area contributed by atoms with Crippen molar-refractivity contribution in [2.75, 3.05) is 17.2 Å². The van der Waals surface area contributed by atoms with E-state index in [2.05, 4.69) is 10.6 Å². The number of nitrogens with zero attached hydrogens (tertiary/aromatic N) is 1. The topological polar surface area (TPSA) is 67.2 Å². The first-order chi connectivity index (χ1) is 9.58. The van der Waals surface area contributed by atoms with Gasteiger partial charge >= 0.3 is 0 Å². The Balaban J connectivity index is 2.32. The summed E-state index contributed by atoms with van der Waals surface area (Å²) in [4.78, 5) is 10.5. The average Bonchev–Trinajstić information content (AvgIpc) is 2.38. The second-order valence-electron chi connectivity index (χ2n) is 4.19. The molecule has 0 unspecified atom stereocenters. The van der Waals surface area contributed by atoms with Gasteiger partial charge in [-0.15, -0.1) is 0 Å². The van der Waals surface area contributed by atoms with Crippen molar-refractivity contribution in [2.24, 2.45) is 0 Å². The normalized spacial score (nSPS) is 10.1. The third kappa shape index (κ3) is 3.61. The Morgan fingerprint density at radius 3 is 2.55 bits per heavy atom. The maximum atomic E-state index is 10.9. The number of nitrogens with one attached hydrogen (secondary N) is 2. The summed E-state index contributed by atoms with van der Waals surface area (Å²) in [5.74, 6) is 0. The SMILES string of the molecule is CCNc1cc(Nc2cccc(Cl)c2)cc([N+](=O)[O-])c1. The predicted octanol–water partition coefficient (Wildman–Crippen LogP) is 4.42. The Morgan fingerprint density at radius 1 is 1.15 bits per heavy atom. The predicted molar refractivity (Wildman–Crippen MR) is 82.0 cm³/mol. The number of halogens is 1. The van der Waals surface area contributed by atoms with Crippen LogP contribution < -0.4 is 10.6 Å². The molecule has 104 valence electrons. The molecule has 0 aliphatic heterocycles. The standard InChI is InChI=1S/C14H14ClN3O2/c1-2-16-12-7-13(9-14(8-12)18(19)20)17-11-5-3-4-10(15)6-11/h3-9,16-17H,2H2,1H3.